The van der Waals surface area contributed by atoms with E-state index >= 15 is 0 Å². The number of carboxylic acids is 1. The molecule has 0 amide bonds. The quantitative estimate of drug-likeness (QED) is 0.593. The van der Waals surface area contributed by atoms with Crippen molar-refractivity contribution in [2.75, 3.05) is 6.61 Å². The molecule has 0 saturated carbocycles. The van der Waals surface area contributed by atoms with Crippen LogP contribution >= 0.6 is 0 Å². The zero-order valence-electron chi connectivity index (χ0n) is 17.8. The highest BCUT2D eigenvalue weighted by atomic mass is 16.5. The Morgan fingerprint density at radius 3 is 2.33 bits per heavy atom. The lowest BCUT2D eigenvalue weighted by molar-refractivity contribution is -0.137. The maximum atomic E-state index is 12.5. The van der Waals surface area contributed by atoms with E-state index in [1.165, 1.54) is 0 Å². The first-order valence-corrected chi connectivity index (χ1v) is 10.1. The van der Waals surface area contributed by atoms with Crippen LogP contribution in [0.4, 0.5) is 0 Å². The molecule has 0 fully saturated rings. The lowest BCUT2D eigenvalue weighted by Gasteiger charge is -2.34. The molecule has 0 radical (unpaired) electrons. The Morgan fingerprint density at radius 1 is 1.07 bits per heavy atom. The molecular weight excluding hydrogens is 376 g/mol. The number of rotatable bonds is 4. The summed E-state index contributed by atoms with van der Waals surface area (Å²) in [6, 6.07) is 13.2. The average molecular weight is 402 g/mol. The Kier molecular flexibility index (Phi) is 6.12. The summed E-state index contributed by atoms with van der Waals surface area (Å²) in [6.45, 7) is 8.52. The van der Waals surface area contributed by atoms with Crippen molar-refractivity contribution in [3.63, 3.8) is 0 Å². The van der Waals surface area contributed by atoms with E-state index < -0.39 is 5.97 Å². The summed E-state index contributed by atoms with van der Waals surface area (Å²) >= 11 is 0. The molecule has 30 heavy (non-hydrogen) atoms. The van der Waals surface area contributed by atoms with E-state index in [2.05, 4.69) is 31.8 Å². The summed E-state index contributed by atoms with van der Waals surface area (Å²) in [7, 11) is 0. The standard InChI is InChI=1S/C26H26O4/c1-5-30-25(29)24-17(2)16-26(3,4)22-14-19(12-13-21(22)24)9-6-18-7-10-20(11-8-18)15-23(27)28/h7-8,10-14H,5,15-16H2,1-4H3,(H,27,28). The van der Waals surface area contributed by atoms with E-state index in [0.29, 0.717) is 12.2 Å². The highest BCUT2D eigenvalue weighted by Crippen LogP contribution is 2.43. The van der Waals surface area contributed by atoms with Crippen molar-refractivity contribution in [1.82, 2.24) is 0 Å². The number of hydrogen-bond donors (Lipinski definition) is 1. The minimum atomic E-state index is -0.850. The molecule has 0 saturated heterocycles. The van der Waals surface area contributed by atoms with Gasteiger partial charge < -0.3 is 9.84 Å². The van der Waals surface area contributed by atoms with Crippen LogP contribution in [0.3, 0.4) is 0 Å². The van der Waals surface area contributed by atoms with Crippen molar-refractivity contribution in [3.8, 4) is 11.8 Å². The second kappa shape index (κ2) is 8.59. The molecule has 0 unspecified atom stereocenters. The lowest BCUT2D eigenvalue weighted by Crippen LogP contribution is -2.26. The SMILES string of the molecule is CCOC(=O)C1=C(C)CC(C)(C)c2cc(C#Cc3ccc(CC(=O)O)cc3)ccc21. The Bertz CT molecular complexity index is 1080. The number of fused-ring (bicyclic) bond motifs is 1. The summed E-state index contributed by atoms with van der Waals surface area (Å²) < 4.78 is 5.28. The van der Waals surface area contributed by atoms with E-state index in [4.69, 9.17) is 9.84 Å². The summed E-state index contributed by atoms with van der Waals surface area (Å²) in [4.78, 5) is 23.3. The van der Waals surface area contributed by atoms with E-state index in [0.717, 1.165) is 39.8 Å². The van der Waals surface area contributed by atoms with Crippen LogP contribution in [-0.2, 0) is 26.2 Å². The topological polar surface area (TPSA) is 63.6 Å². The highest BCUT2D eigenvalue weighted by Gasteiger charge is 2.34. The average Bonchev–Trinajstić information content (AvgIpc) is 2.67. The van der Waals surface area contributed by atoms with Crippen LogP contribution in [0, 0.1) is 11.8 Å². The van der Waals surface area contributed by atoms with Gasteiger partial charge in [0.2, 0.25) is 0 Å². The third kappa shape index (κ3) is 4.63. The Morgan fingerprint density at radius 2 is 1.70 bits per heavy atom. The first-order valence-electron chi connectivity index (χ1n) is 10.1. The van der Waals surface area contributed by atoms with Crippen LogP contribution in [0.5, 0.6) is 0 Å². The molecule has 4 heteroatoms. The molecule has 2 aromatic rings. The number of aliphatic carboxylic acids is 1. The van der Waals surface area contributed by atoms with Crippen molar-refractivity contribution in [1.29, 1.82) is 0 Å². The summed E-state index contributed by atoms with van der Waals surface area (Å²) in [6.07, 6.45) is 0.791. The van der Waals surface area contributed by atoms with Gasteiger partial charge in [0.05, 0.1) is 18.6 Å². The number of carbonyl (C=O) groups excluding carboxylic acids is 1. The van der Waals surface area contributed by atoms with Gasteiger partial charge in [0.15, 0.2) is 0 Å². The smallest absolute Gasteiger partial charge is 0.338 e. The zero-order valence-corrected chi connectivity index (χ0v) is 17.8. The maximum Gasteiger partial charge on any atom is 0.338 e. The molecule has 0 aromatic heterocycles. The molecule has 1 N–H and O–H groups in total. The second-order valence-electron chi connectivity index (χ2n) is 8.21. The van der Waals surface area contributed by atoms with Crippen molar-refractivity contribution in [3.05, 3.63) is 75.9 Å². The molecule has 0 aliphatic heterocycles. The van der Waals surface area contributed by atoms with Gasteiger partial charge in [0, 0.05) is 11.1 Å². The van der Waals surface area contributed by atoms with Gasteiger partial charge in [-0.05, 0) is 66.6 Å². The molecule has 0 bridgehead atoms. The zero-order chi connectivity index (χ0) is 21.9. The Balaban J connectivity index is 1.93. The van der Waals surface area contributed by atoms with Crippen molar-refractivity contribution >= 4 is 17.5 Å². The molecule has 1 aliphatic rings. The number of esters is 1. The van der Waals surface area contributed by atoms with Gasteiger partial charge in [-0.1, -0.05) is 49.5 Å². The molecule has 0 atom stereocenters. The van der Waals surface area contributed by atoms with Crippen LogP contribution in [-0.4, -0.2) is 23.7 Å². The number of hydrogen-bond acceptors (Lipinski definition) is 3. The largest absolute Gasteiger partial charge is 0.481 e. The fourth-order valence-corrected chi connectivity index (χ4v) is 3.99. The molecule has 1 aliphatic carbocycles. The van der Waals surface area contributed by atoms with E-state index in [1.807, 2.05) is 38.1 Å². The summed E-state index contributed by atoms with van der Waals surface area (Å²) in [5.74, 6) is 5.21. The van der Waals surface area contributed by atoms with Gasteiger partial charge in [-0.15, -0.1) is 0 Å². The molecule has 0 spiro atoms. The van der Waals surface area contributed by atoms with E-state index in [-0.39, 0.29) is 17.8 Å². The number of benzene rings is 2. The fourth-order valence-electron chi connectivity index (χ4n) is 3.99. The third-order valence-corrected chi connectivity index (χ3v) is 5.29. The minimum absolute atomic E-state index is 0.00332. The van der Waals surface area contributed by atoms with E-state index in [9.17, 15) is 9.59 Å². The minimum Gasteiger partial charge on any atom is -0.481 e. The fraction of sp³-hybridized carbons (Fsp3) is 0.308. The van der Waals surface area contributed by atoms with Gasteiger partial charge in [-0.2, -0.15) is 0 Å². The van der Waals surface area contributed by atoms with Crippen LogP contribution in [0.15, 0.2) is 48.0 Å². The monoisotopic (exact) mass is 402 g/mol. The third-order valence-electron chi connectivity index (χ3n) is 5.29. The second-order valence-corrected chi connectivity index (χ2v) is 8.21. The lowest BCUT2D eigenvalue weighted by atomic mass is 9.70. The van der Waals surface area contributed by atoms with Gasteiger partial charge in [0.1, 0.15) is 0 Å². The summed E-state index contributed by atoms with van der Waals surface area (Å²) in [5.41, 5.74) is 6.07. The van der Waals surface area contributed by atoms with Gasteiger partial charge in [-0.25, -0.2) is 4.79 Å². The van der Waals surface area contributed by atoms with Gasteiger partial charge in [-0.3, -0.25) is 4.79 Å². The predicted molar refractivity (Wildman–Crippen MR) is 117 cm³/mol. The Hall–Kier alpha value is -3.32. The molecule has 2 aromatic carbocycles. The normalized spacial score (nSPS) is 14.4. The van der Waals surface area contributed by atoms with Crippen LogP contribution in [0.2, 0.25) is 0 Å². The first kappa shape index (κ1) is 21.4. The number of carboxylic acid groups (broad SMARTS) is 1. The van der Waals surface area contributed by atoms with Crippen LogP contribution < -0.4 is 0 Å². The van der Waals surface area contributed by atoms with Crippen LogP contribution in [0.1, 0.15) is 61.9 Å². The van der Waals surface area contributed by atoms with Crippen molar-refractivity contribution in [2.24, 2.45) is 0 Å². The van der Waals surface area contributed by atoms with Crippen molar-refractivity contribution in [2.45, 2.75) is 46.0 Å². The van der Waals surface area contributed by atoms with Crippen molar-refractivity contribution < 1.29 is 19.4 Å². The molecule has 4 nitrogen and oxygen atoms in total. The first-order chi connectivity index (χ1) is 14.2. The Labute approximate surface area is 177 Å². The molecule has 3 rings (SSSR count). The predicted octanol–water partition coefficient (Wildman–Crippen LogP) is 4.73. The highest BCUT2D eigenvalue weighted by molar-refractivity contribution is 6.18. The molecule has 0 heterocycles. The van der Waals surface area contributed by atoms with Crippen LogP contribution in [0.25, 0.3) is 5.57 Å². The number of carbonyl (C=O) groups is 2. The van der Waals surface area contributed by atoms with Gasteiger partial charge in [0.25, 0.3) is 0 Å². The van der Waals surface area contributed by atoms with Gasteiger partial charge >= 0.3 is 11.9 Å². The maximum absolute atomic E-state index is 12.5. The number of ether oxygens (including phenoxy) is 1. The van der Waals surface area contributed by atoms with E-state index in [1.54, 1.807) is 12.1 Å². The number of allylic oxidation sites excluding steroid dienone is 1. The molecule has 154 valence electrons. The molecular formula is C26H26O4. The summed E-state index contributed by atoms with van der Waals surface area (Å²) in [5, 5.41) is 8.87.